The van der Waals surface area contributed by atoms with E-state index < -0.39 is 0 Å². The zero-order valence-electron chi connectivity index (χ0n) is 6.41. The van der Waals surface area contributed by atoms with Gasteiger partial charge in [0.15, 0.2) is 0 Å². The predicted molar refractivity (Wildman–Crippen MR) is 39.9 cm³/mol. The highest BCUT2D eigenvalue weighted by atomic mass is 16.5. The fourth-order valence-corrected chi connectivity index (χ4v) is 0.773. The van der Waals surface area contributed by atoms with Crippen LogP contribution in [0.5, 0.6) is 0 Å². The summed E-state index contributed by atoms with van der Waals surface area (Å²) in [6.45, 7) is 2.47. The molecule has 0 aromatic carbocycles. The topological polar surface area (TPSA) is 31.2 Å². The lowest BCUT2D eigenvalue weighted by Gasteiger charge is -2.01. The van der Waals surface area contributed by atoms with E-state index in [0.717, 1.165) is 0 Å². The van der Waals surface area contributed by atoms with Crippen molar-refractivity contribution < 1.29 is 9.53 Å². The summed E-state index contributed by atoms with van der Waals surface area (Å²) >= 11 is 0. The van der Waals surface area contributed by atoms with Crippen molar-refractivity contribution in [1.82, 2.24) is 4.57 Å². The highest BCUT2D eigenvalue weighted by Gasteiger charge is 2.00. The molecule has 0 aliphatic rings. The number of aromatic nitrogens is 1. The molecule has 0 bridgehead atoms. The Hall–Kier alpha value is -1.25. The molecule has 0 spiro atoms. The maximum absolute atomic E-state index is 10.8. The quantitative estimate of drug-likeness (QED) is 0.601. The highest BCUT2D eigenvalue weighted by molar-refractivity contribution is 5.69. The third-order valence-electron chi connectivity index (χ3n) is 1.21. The van der Waals surface area contributed by atoms with E-state index in [9.17, 15) is 4.79 Å². The van der Waals surface area contributed by atoms with Crippen molar-refractivity contribution in [2.24, 2.45) is 0 Å². The van der Waals surface area contributed by atoms with E-state index >= 15 is 0 Å². The van der Waals surface area contributed by atoms with Crippen LogP contribution < -0.4 is 0 Å². The van der Waals surface area contributed by atoms with Crippen LogP contribution in [0.25, 0.3) is 0 Å². The van der Waals surface area contributed by atoms with Gasteiger partial charge in [-0.05, 0) is 19.1 Å². The molecule has 0 N–H and O–H groups in total. The van der Waals surface area contributed by atoms with E-state index in [1.54, 1.807) is 23.8 Å². The van der Waals surface area contributed by atoms with Gasteiger partial charge in [0.1, 0.15) is 6.54 Å². The van der Waals surface area contributed by atoms with Crippen LogP contribution in [0, 0.1) is 6.20 Å². The fraction of sp³-hybridized carbons (Fsp3) is 0.375. The van der Waals surface area contributed by atoms with E-state index in [2.05, 4.69) is 6.20 Å². The SMILES string of the molecule is CCOC(=O)Cn1[c]ccc1. The first kappa shape index (κ1) is 7.85. The van der Waals surface area contributed by atoms with Crippen LogP contribution in [0.1, 0.15) is 6.92 Å². The van der Waals surface area contributed by atoms with Gasteiger partial charge in [0.05, 0.1) is 12.8 Å². The summed E-state index contributed by atoms with van der Waals surface area (Å²) in [5.41, 5.74) is 0. The minimum Gasteiger partial charge on any atom is -0.465 e. The standard InChI is InChI=1S/C8H10NO2/c1-2-11-8(10)7-9-5-3-4-6-9/h3-5H,2,7H2,1H3. The third kappa shape index (κ3) is 2.45. The summed E-state index contributed by atoms with van der Waals surface area (Å²) in [5, 5.41) is 0. The second kappa shape index (κ2) is 3.81. The molecular formula is C8H10NO2. The number of esters is 1. The molecule has 3 nitrogen and oxygen atoms in total. The van der Waals surface area contributed by atoms with Crippen LogP contribution in [0.4, 0.5) is 0 Å². The average Bonchev–Trinajstić information content (AvgIpc) is 2.40. The number of rotatable bonds is 3. The van der Waals surface area contributed by atoms with Crippen LogP contribution >= 0.6 is 0 Å². The Labute approximate surface area is 65.6 Å². The molecule has 0 amide bonds. The van der Waals surface area contributed by atoms with Crippen molar-refractivity contribution in [3.8, 4) is 0 Å². The van der Waals surface area contributed by atoms with Crippen LogP contribution in [-0.4, -0.2) is 17.1 Å². The summed E-state index contributed by atoms with van der Waals surface area (Å²) in [4.78, 5) is 10.8. The predicted octanol–water partition coefficient (Wildman–Crippen LogP) is 0.851. The first-order valence-corrected chi connectivity index (χ1v) is 3.51. The molecule has 0 aliphatic carbocycles. The second-order valence-corrected chi connectivity index (χ2v) is 2.07. The van der Waals surface area contributed by atoms with E-state index in [4.69, 9.17) is 4.74 Å². The molecule has 1 aromatic heterocycles. The smallest absolute Gasteiger partial charge is 0.325 e. The Morgan fingerprint density at radius 3 is 3.09 bits per heavy atom. The van der Waals surface area contributed by atoms with Crippen LogP contribution in [0.2, 0.25) is 0 Å². The lowest BCUT2D eigenvalue weighted by Crippen LogP contribution is -2.11. The highest BCUT2D eigenvalue weighted by Crippen LogP contribution is 1.90. The number of nitrogens with zero attached hydrogens (tertiary/aromatic N) is 1. The summed E-state index contributed by atoms with van der Waals surface area (Å²) < 4.78 is 6.39. The molecule has 0 saturated heterocycles. The van der Waals surface area contributed by atoms with E-state index in [1.807, 2.05) is 6.07 Å². The number of carbonyl (C=O) groups excluding carboxylic acids is 1. The Kier molecular flexibility index (Phi) is 2.72. The van der Waals surface area contributed by atoms with Crippen LogP contribution in [0.15, 0.2) is 18.3 Å². The monoisotopic (exact) mass is 152 g/mol. The van der Waals surface area contributed by atoms with Gasteiger partial charge in [0.25, 0.3) is 0 Å². The van der Waals surface area contributed by atoms with Gasteiger partial charge in [-0.15, -0.1) is 0 Å². The lowest BCUT2D eigenvalue weighted by atomic mass is 10.6. The van der Waals surface area contributed by atoms with Gasteiger partial charge >= 0.3 is 5.97 Å². The average molecular weight is 152 g/mol. The molecule has 59 valence electrons. The van der Waals surface area contributed by atoms with Gasteiger partial charge in [-0.3, -0.25) is 4.79 Å². The molecule has 1 rings (SSSR count). The van der Waals surface area contributed by atoms with Crippen LogP contribution in [0.3, 0.4) is 0 Å². The maximum atomic E-state index is 10.8. The summed E-state index contributed by atoms with van der Waals surface area (Å²) in [6.07, 6.45) is 4.62. The van der Waals surface area contributed by atoms with Gasteiger partial charge in [-0.2, -0.15) is 0 Å². The molecule has 0 aliphatic heterocycles. The molecule has 1 heterocycles. The Morgan fingerprint density at radius 1 is 1.73 bits per heavy atom. The molecular weight excluding hydrogens is 142 g/mol. The lowest BCUT2D eigenvalue weighted by molar-refractivity contribution is -0.143. The largest absolute Gasteiger partial charge is 0.465 e. The molecule has 0 atom stereocenters. The van der Waals surface area contributed by atoms with Gasteiger partial charge < -0.3 is 9.30 Å². The maximum Gasteiger partial charge on any atom is 0.325 e. The summed E-state index contributed by atoms with van der Waals surface area (Å²) in [5.74, 6) is -0.222. The van der Waals surface area contributed by atoms with E-state index in [1.165, 1.54) is 0 Å². The van der Waals surface area contributed by atoms with E-state index in [0.29, 0.717) is 6.61 Å². The summed E-state index contributed by atoms with van der Waals surface area (Å²) in [7, 11) is 0. The number of hydrogen-bond donors (Lipinski definition) is 0. The number of hydrogen-bond acceptors (Lipinski definition) is 2. The minimum atomic E-state index is -0.222. The zero-order chi connectivity index (χ0) is 8.10. The van der Waals surface area contributed by atoms with Gasteiger partial charge in [0, 0.05) is 6.20 Å². The van der Waals surface area contributed by atoms with Crippen molar-refractivity contribution >= 4 is 5.97 Å². The number of carbonyl (C=O) groups is 1. The molecule has 0 fully saturated rings. The van der Waals surface area contributed by atoms with Crippen molar-refractivity contribution in [1.29, 1.82) is 0 Å². The normalized spacial score (nSPS) is 9.55. The van der Waals surface area contributed by atoms with Crippen molar-refractivity contribution in [3.05, 3.63) is 24.5 Å². The fourth-order valence-electron chi connectivity index (χ4n) is 0.773. The zero-order valence-corrected chi connectivity index (χ0v) is 6.41. The molecule has 11 heavy (non-hydrogen) atoms. The first-order valence-electron chi connectivity index (χ1n) is 3.51. The van der Waals surface area contributed by atoms with Gasteiger partial charge in [-0.1, -0.05) is 0 Å². The molecule has 3 heteroatoms. The van der Waals surface area contributed by atoms with Crippen molar-refractivity contribution in [2.45, 2.75) is 13.5 Å². The van der Waals surface area contributed by atoms with Crippen LogP contribution in [-0.2, 0) is 16.1 Å². The van der Waals surface area contributed by atoms with Gasteiger partial charge in [-0.25, -0.2) is 0 Å². The Bertz CT molecular complexity index is 216. The Balaban J connectivity index is 2.37. The van der Waals surface area contributed by atoms with Crippen molar-refractivity contribution in [3.63, 3.8) is 0 Å². The Morgan fingerprint density at radius 2 is 2.55 bits per heavy atom. The van der Waals surface area contributed by atoms with Gasteiger partial charge in [0.2, 0.25) is 0 Å². The molecule has 1 radical (unpaired) electrons. The number of ether oxygens (including phenoxy) is 1. The molecule has 0 unspecified atom stereocenters. The van der Waals surface area contributed by atoms with Crippen molar-refractivity contribution in [2.75, 3.05) is 6.61 Å². The molecule has 0 saturated carbocycles. The first-order chi connectivity index (χ1) is 5.33. The summed E-state index contributed by atoms with van der Waals surface area (Å²) in [6, 6.07) is 3.57. The minimum absolute atomic E-state index is 0.222. The van der Waals surface area contributed by atoms with E-state index in [-0.39, 0.29) is 12.5 Å². The second-order valence-electron chi connectivity index (χ2n) is 2.07. The molecule has 1 aromatic rings. The third-order valence-corrected chi connectivity index (χ3v) is 1.21.